The van der Waals surface area contributed by atoms with Gasteiger partial charge in [0, 0.05) is 65.5 Å². The average Bonchev–Trinajstić information content (AvgIpc) is 3.19. The van der Waals surface area contributed by atoms with Crippen LogP contribution in [-0.2, 0) is 5.41 Å². The maximum atomic E-state index is 5.74. The molecule has 40 heavy (non-hydrogen) atoms. The van der Waals surface area contributed by atoms with Crippen LogP contribution in [0.5, 0.6) is 0 Å². The summed E-state index contributed by atoms with van der Waals surface area (Å²) in [5.41, 5.74) is 6.14. The number of hydrogen-bond acceptors (Lipinski definition) is 3. The summed E-state index contributed by atoms with van der Waals surface area (Å²) in [6.45, 7) is 8.53. The molecule has 0 aromatic heterocycles. The first-order chi connectivity index (χ1) is 19.4. The van der Waals surface area contributed by atoms with Crippen LogP contribution in [0.4, 0.5) is 17.1 Å². The van der Waals surface area contributed by atoms with E-state index in [2.05, 4.69) is 166 Å². The summed E-state index contributed by atoms with van der Waals surface area (Å²) in [6.07, 6.45) is 0. The van der Waals surface area contributed by atoms with Crippen molar-refractivity contribution in [3.05, 3.63) is 131 Å². The van der Waals surface area contributed by atoms with Gasteiger partial charge in [0.15, 0.2) is 0 Å². The fraction of sp³-hybridized carbons (Fsp3) is 0.235. The maximum Gasteiger partial charge on any atom is 0.0899 e. The predicted molar refractivity (Wildman–Crippen MR) is 175 cm³/mol. The number of para-hydroxylation sites is 2. The number of fused-ring (bicyclic) bond motifs is 1. The Morgan fingerprint density at radius 1 is 0.750 bits per heavy atom. The molecule has 2 heterocycles. The number of piperazine rings is 1. The molecule has 6 heteroatoms. The van der Waals surface area contributed by atoms with Crippen LogP contribution < -0.4 is 15.1 Å². The number of likely N-dealkylation sites (N-methyl/N-ethyl adjacent to an activating group) is 1. The molecule has 0 radical (unpaired) electrons. The van der Waals surface area contributed by atoms with Gasteiger partial charge >= 0.3 is 0 Å². The highest BCUT2D eigenvalue weighted by Gasteiger charge is 2.41. The summed E-state index contributed by atoms with van der Waals surface area (Å²) in [5.74, 6) is 2.56. The molecule has 0 spiro atoms. The third-order valence-corrected chi connectivity index (χ3v) is 12.3. The SMILES string of the molecule is CN1/C(=C\P(=Nc2ccc(Br)cc2)(c2ccccc2)N2CCN(c3ccccc3)CC2)C(C)(C)c2ccccc21. The molecular weight excluding hydrogens is 575 g/mol. The normalized spacial score (nSPS) is 19.4. The minimum Gasteiger partial charge on any atom is -0.369 e. The van der Waals surface area contributed by atoms with Gasteiger partial charge in [-0.3, -0.25) is 4.67 Å². The highest BCUT2D eigenvalue weighted by molar-refractivity contribution is 9.10. The monoisotopic (exact) mass is 610 g/mol. The molecule has 4 aromatic rings. The van der Waals surface area contributed by atoms with Gasteiger partial charge in [0.05, 0.1) is 12.9 Å². The zero-order valence-electron chi connectivity index (χ0n) is 23.4. The number of nitrogens with zero attached hydrogens (tertiary/aromatic N) is 4. The lowest BCUT2D eigenvalue weighted by Gasteiger charge is -2.43. The second-order valence-electron chi connectivity index (χ2n) is 11.1. The Morgan fingerprint density at radius 2 is 1.35 bits per heavy atom. The Balaban J connectivity index is 1.53. The van der Waals surface area contributed by atoms with E-state index in [1.807, 2.05) is 0 Å². The summed E-state index contributed by atoms with van der Waals surface area (Å²) in [7, 11) is -0.147. The van der Waals surface area contributed by atoms with E-state index in [0.717, 1.165) is 36.3 Å². The van der Waals surface area contributed by atoms with Crippen molar-refractivity contribution in [2.75, 3.05) is 43.0 Å². The Bertz CT molecular complexity index is 1560. The molecule has 2 aliphatic rings. The molecule has 2 aliphatic heterocycles. The third kappa shape index (κ3) is 4.96. The molecule has 0 bridgehead atoms. The van der Waals surface area contributed by atoms with Crippen LogP contribution in [0.3, 0.4) is 0 Å². The predicted octanol–water partition coefficient (Wildman–Crippen LogP) is 8.61. The number of rotatable bonds is 5. The lowest BCUT2D eigenvalue weighted by atomic mass is 9.84. The van der Waals surface area contributed by atoms with Gasteiger partial charge in [-0.15, -0.1) is 0 Å². The second-order valence-corrected chi connectivity index (χ2v) is 14.8. The Kier molecular flexibility index (Phi) is 7.48. The van der Waals surface area contributed by atoms with Gasteiger partial charge in [0.2, 0.25) is 0 Å². The van der Waals surface area contributed by atoms with Gasteiger partial charge in [-0.2, -0.15) is 0 Å². The molecule has 4 nitrogen and oxygen atoms in total. The third-order valence-electron chi connectivity index (χ3n) is 8.28. The first-order valence-corrected chi connectivity index (χ1v) is 16.5. The van der Waals surface area contributed by atoms with Crippen LogP contribution in [0, 0.1) is 0 Å². The average molecular weight is 612 g/mol. The quantitative estimate of drug-likeness (QED) is 0.211. The molecule has 1 atom stereocenters. The van der Waals surface area contributed by atoms with Crippen LogP contribution in [0.25, 0.3) is 0 Å². The van der Waals surface area contributed by atoms with Gasteiger partial charge in [0.1, 0.15) is 0 Å². The Morgan fingerprint density at radius 3 is 2.00 bits per heavy atom. The number of hydrogen-bond donors (Lipinski definition) is 0. The van der Waals surface area contributed by atoms with Gasteiger partial charge in [-0.25, -0.2) is 4.74 Å². The van der Waals surface area contributed by atoms with Crippen molar-refractivity contribution >= 4 is 45.5 Å². The molecule has 0 N–H and O–H groups in total. The van der Waals surface area contributed by atoms with E-state index in [-0.39, 0.29) is 5.41 Å². The minimum atomic E-state index is -2.36. The summed E-state index contributed by atoms with van der Waals surface area (Å²) < 4.78 is 9.49. The van der Waals surface area contributed by atoms with Gasteiger partial charge < -0.3 is 9.80 Å². The van der Waals surface area contributed by atoms with Gasteiger partial charge in [-0.05, 0) is 53.8 Å². The number of halogens is 1. The fourth-order valence-electron chi connectivity index (χ4n) is 6.10. The molecule has 1 saturated heterocycles. The van der Waals surface area contributed by atoms with Crippen molar-refractivity contribution in [1.29, 1.82) is 0 Å². The minimum absolute atomic E-state index is 0.132. The molecule has 6 rings (SSSR count). The van der Waals surface area contributed by atoms with Crippen LogP contribution in [-0.4, -0.2) is 37.9 Å². The van der Waals surface area contributed by atoms with Gasteiger partial charge in [-0.1, -0.05) is 96.5 Å². The molecule has 0 aliphatic carbocycles. The van der Waals surface area contributed by atoms with Crippen LogP contribution in [0.1, 0.15) is 19.4 Å². The lowest BCUT2D eigenvalue weighted by molar-refractivity contribution is 0.417. The Labute approximate surface area is 247 Å². The summed E-state index contributed by atoms with van der Waals surface area (Å²) in [5, 5.41) is 1.29. The van der Waals surface area contributed by atoms with Crippen molar-refractivity contribution in [3.8, 4) is 0 Å². The van der Waals surface area contributed by atoms with E-state index in [4.69, 9.17) is 4.74 Å². The topological polar surface area (TPSA) is 22.1 Å². The second kappa shape index (κ2) is 11.0. The largest absolute Gasteiger partial charge is 0.369 e. The van der Waals surface area contributed by atoms with Gasteiger partial charge in [0.25, 0.3) is 0 Å². The number of benzene rings is 4. The van der Waals surface area contributed by atoms with E-state index < -0.39 is 7.21 Å². The van der Waals surface area contributed by atoms with Crippen LogP contribution >= 0.6 is 23.1 Å². The van der Waals surface area contributed by atoms with E-state index >= 15 is 0 Å². The highest BCUT2D eigenvalue weighted by atomic mass is 79.9. The maximum absolute atomic E-state index is 5.74. The molecule has 0 amide bonds. The molecule has 1 fully saturated rings. The van der Waals surface area contributed by atoms with Crippen molar-refractivity contribution in [3.63, 3.8) is 0 Å². The molecule has 4 aromatic carbocycles. The van der Waals surface area contributed by atoms with E-state index in [1.54, 1.807) is 0 Å². The zero-order valence-corrected chi connectivity index (χ0v) is 25.9. The number of allylic oxidation sites excluding steroid dienone is 1. The van der Waals surface area contributed by atoms with Crippen molar-refractivity contribution in [2.24, 2.45) is 4.74 Å². The lowest BCUT2D eigenvalue weighted by Crippen LogP contribution is -2.46. The molecule has 204 valence electrons. The first kappa shape index (κ1) is 27.1. The van der Waals surface area contributed by atoms with Crippen LogP contribution in [0.15, 0.2) is 130 Å². The summed E-state index contributed by atoms with van der Waals surface area (Å²) in [6, 6.07) is 39.1. The van der Waals surface area contributed by atoms with E-state index in [1.165, 1.54) is 27.9 Å². The van der Waals surface area contributed by atoms with Crippen molar-refractivity contribution < 1.29 is 0 Å². The summed E-state index contributed by atoms with van der Waals surface area (Å²) in [4.78, 5) is 4.90. The number of anilines is 2. The van der Waals surface area contributed by atoms with Crippen molar-refractivity contribution in [1.82, 2.24) is 4.67 Å². The van der Waals surface area contributed by atoms with Crippen molar-refractivity contribution in [2.45, 2.75) is 19.3 Å². The Hall–Kier alpha value is -3.11. The smallest absolute Gasteiger partial charge is 0.0899 e. The van der Waals surface area contributed by atoms with Crippen LogP contribution in [0.2, 0.25) is 0 Å². The highest BCUT2D eigenvalue weighted by Crippen LogP contribution is 2.60. The summed E-state index contributed by atoms with van der Waals surface area (Å²) >= 11 is 3.62. The zero-order chi connectivity index (χ0) is 27.7. The molecular formula is C34H36BrN4P. The standard InChI is InChI=1S/C34H36BrN4P/c1-34(2)31-16-10-11-17-32(31)37(3)33(34)26-40(30-14-8-5-9-15-30,36-28-20-18-27(35)19-21-28)39-24-22-38(23-25-39)29-12-6-4-7-13-29/h4-21,26H,22-25H2,1-3H3/b33-26-. The fourth-order valence-corrected chi connectivity index (χ4v) is 10.0. The first-order valence-electron chi connectivity index (χ1n) is 13.9. The molecule has 0 saturated carbocycles. The molecule has 1 unspecified atom stereocenters. The van der Waals surface area contributed by atoms with E-state index in [0.29, 0.717) is 0 Å². The van der Waals surface area contributed by atoms with E-state index in [9.17, 15) is 0 Å².